The van der Waals surface area contributed by atoms with Crippen LogP contribution in [0, 0.1) is 10.8 Å². The third-order valence-corrected chi connectivity index (χ3v) is 6.07. The van der Waals surface area contributed by atoms with Crippen LogP contribution in [0.2, 0.25) is 0 Å². The summed E-state index contributed by atoms with van der Waals surface area (Å²) in [6.07, 6.45) is 2.11. The van der Waals surface area contributed by atoms with Crippen LogP contribution in [0.4, 0.5) is 11.5 Å². The van der Waals surface area contributed by atoms with Crippen molar-refractivity contribution in [3.05, 3.63) is 54.4 Å². The molecule has 1 amide bonds. The highest BCUT2D eigenvalue weighted by Gasteiger charge is 2.34. The number of ether oxygens (including phenoxy) is 1. The number of anilines is 2. The van der Waals surface area contributed by atoms with Crippen molar-refractivity contribution in [2.24, 2.45) is 10.8 Å². The molecule has 0 saturated carbocycles. The number of para-hydroxylation sites is 1. The molecule has 7 nitrogen and oxygen atoms in total. The van der Waals surface area contributed by atoms with Crippen LogP contribution in [-0.4, -0.2) is 35.2 Å². The van der Waals surface area contributed by atoms with Gasteiger partial charge in [0.2, 0.25) is 5.91 Å². The molecule has 0 aliphatic rings. The van der Waals surface area contributed by atoms with Gasteiger partial charge in [-0.1, -0.05) is 39.8 Å². The Labute approximate surface area is 195 Å². The van der Waals surface area contributed by atoms with Crippen LogP contribution < -0.4 is 15.1 Å². The fourth-order valence-corrected chi connectivity index (χ4v) is 4.37. The lowest BCUT2D eigenvalue weighted by atomic mass is 9.72. The van der Waals surface area contributed by atoms with Crippen LogP contribution in [0.5, 0.6) is 5.75 Å². The number of aromatic nitrogens is 2. The van der Waals surface area contributed by atoms with Gasteiger partial charge in [0.05, 0.1) is 12.6 Å². The molecule has 2 N–H and O–H groups in total. The van der Waals surface area contributed by atoms with Crippen molar-refractivity contribution in [3.63, 3.8) is 0 Å². The summed E-state index contributed by atoms with van der Waals surface area (Å²) in [4.78, 5) is 23.8. The number of hydrogen-bond acceptors (Lipinski definition) is 6. The number of methoxy groups -OCH3 is 1. The lowest BCUT2D eigenvalue weighted by molar-refractivity contribution is -0.139. The van der Waals surface area contributed by atoms with Crippen LogP contribution in [0.3, 0.4) is 0 Å². The van der Waals surface area contributed by atoms with Gasteiger partial charge in [-0.2, -0.15) is 0 Å². The Morgan fingerprint density at radius 2 is 1.73 bits per heavy atom. The van der Waals surface area contributed by atoms with E-state index in [0.29, 0.717) is 12.8 Å². The molecule has 1 aromatic heterocycles. The maximum absolute atomic E-state index is 12.0. The topological polar surface area (TPSA) is 87.6 Å². The summed E-state index contributed by atoms with van der Waals surface area (Å²) in [6, 6.07) is 15.9. The fourth-order valence-electron chi connectivity index (χ4n) is 4.37. The summed E-state index contributed by atoms with van der Waals surface area (Å²) in [5.74, 6) is 2.04. The van der Waals surface area contributed by atoms with Crippen LogP contribution in [-0.2, 0) is 11.2 Å². The average molecular weight is 451 g/mol. The third-order valence-electron chi connectivity index (χ3n) is 6.07. The number of nitrogens with zero attached hydrogens (tertiary/aromatic N) is 3. The van der Waals surface area contributed by atoms with E-state index >= 15 is 0 Å². The van der Waals surface area contributed by atoms with E-state index in [0.717, 1.165) is 40.4 Å². The zero-order valence-corrected chi connectivity index (χ0v) is 20.3. The van der Waals surface area contributed by atoms with Gasteiger partial charge < -0.3 is 9.64 Å². The van der Waals surface area contributed by atoms with E-state index < -0.39 is 5.41 Å². The average Bonchev–Trinajstić information content (AvgIpc) is 2.80. The molecule has 0 fully saturated rings. The smallest absolute Gasteiger partial charge is 0.249 e. The summed E-state index contributed by atoms with van der Waals surface area (Å²) < 4.78 is 5.28. The molecule has 2 aromatic carbocycles. The van der Waals surface area contributed by atoms with Gasteiger partial charge in [-0.25, -0.2) is 15.4 Å². The first-order chi connectivity index (χ1) is 15.6. The Balaban J connectivity index is 1.88. The SMILES string of the molecule is COc1ccc(N(C)c2nc(CCC(C)(C)CC(C)(C)C(=O)NO)nc3ccccc23)cc1. The number of rotatable bonds is 9. The van der Waals surface area contributed by atoms with Crippen molar-refractivity contribution in [2.45, 2.75) is 47.0 Å². The molecule has 1 heterocycles. The van der Waals surface area contributed by atoms with Crippen LogP contribution in [0.1, 0.15) is 46.4 Å². The summed E-state index contributed by atoms with van der Waals surface area (Å²) in [5.41, 5.74) is 2.86. The second-order valence-corrected chi connectivity index (χ2v) is 9.90. The molecule has 3 rings (SSSR count). The number of fused-ring (bicyclic) bond motifs is 1. The standard InChI is InChI=1S/C26H34N4O3/c1-25(2,17-26(3,4)24(31)29-32)16-15-22-27-21-10-8-7-9-20(21)23(28-22)30(5)18-11-13-19(33-6)14-12-18/h7-14,32H,15-17H2,1-6H3,(H,29,31). The van der Waals surface area contributed by atoms with Gasteiger partial charge >= 0.3 is 0 Å². The van der Waals surface area contributed by atoms with E-state index in [1.165, 1.54) is 0 Å². The Morgan fingerprint density at radius 3 is 2.36 bits per heavy atom. The zero-order chi connectivity index (χ0) is 24.2. The van der Waals surface area contributed by atoms with Gasteiger partial charge in [-0.15, -0.1) is 0 Å². The van der Waals surface area contributed by atoms with E-state index in [4.69, 9.17) is 19.9 Å². The second-order valence-electron chi connectivity index (χ2n) is 9.90. The Morgan fingerprint density at radius 1 is 1.06 bits per heavy atom. The summed E-state index contributed by atoms with van der Waals surface area (Å²) >= 11 is 0. The zero-order valence-electron chi connectivity index (χ0n) is 20.3. The van der Waals surface area contributed by atoms with Gasteiger partial charge in [0.1, 0.15) is 17.4 Å². The van der Waals surface area contributed by atoms with E-state index in [1.54, 1.807) is 12.6 Å². The number of benzene rings is 2. The van der Waals surface area contributed by atoms with Crippen molar-refractivity contribution in [1.82, 2.24) is 15.4 Å². The maximum atomic E-state index is 12.0. The number of amides is 1. The van der Waals surface area contributed by atoms with Gasteiger partial charge in [0.25, 0.3) is 0 Å². The van der Waals surface area contributed by atoms with Gasteiger partial charge in [-0.3, -0.25) is 10.0 Å². The quantitative estimate of drug-likeness (QED) is 0.340. The van der Waals surface area contributed by atoms with E-state index in [1.807, 2.05) is 69.4 Å². The van der Waals surface area contributed by atoms with Crippen molar-refractivity contribution < 1.29 is 14.7 Å². The van der Waals surface area contributed by atoms with Gasteiger partial charge in [0.15, 0.2) is 0 Å². The Kier molecular flexibility index (Phi) is 7.22. The summed E-state index contributed by atoms with van der Waals surface area (Å²) in [6.45, 7) is 7.94. The van der Waals surface area contributed by atoms with E-state index in [-0.39, 0.29) is 11.3 Å². The number of carbonyl (C=O) groups is 1. The highest BCUT2D eigenvalue weighted by atomic mass is 16.5. The Bertz CT molecular complexity index is 1110. The highest BCUT2D eigenvalue weighted by molar-refractivity contribution is 5.91. The Hall–Kier alpha value is -3.19. The molecule has 7 heteroatoms. The molecule has 33 heavy (non-hydrogen) atoms. The summed E-state index contributed by atoms with van der Waals surface area (Å²) in [7, 11) is 3.65. The van der Waals surface area contributed by atoms with E-state index in [2.05, 4.69) is 18.7 Å². The highest BCUT2D eigenvalue weighted by Crippen LogP contribution is 2.37. The number of aryl methyl sites for hydroxylation is 1. The van der Waals surface area contributed by atoms with Crippen LogP contribution >= 0.6 is 0 Å². The largest absolute Gasteiger partial charge is 0.497 e. The number of nitrogens with one attached hydrogen (secondary N) is 1. The van der Waals surface area contributed by atoms with Crippen LogP contribution in [0.25, 0.3) is 10.9 Å². The molecule has 0 bridgehead atoms. The molecule has 0 unspecified atom stereocenters. The van der Waals surface area contributed by atoms with Gasteiger partial charge in [-0.05, 0) is 54.7 Å². The first-order valence-corrected chi connectivity index (χ1v) is 11.1. The molecule has 0 saturated heterocycles. The predicted molar refractivity (Wildman–Crippen MR) is 131 cm³/mol. The molecular formula is C26H34N4O3. The summed E-state index contributed by atoms with van der Waals surface area (Å²) in [5, 5.41) is 10.0. The number of hydroxylamine groups is 1. The van der Waals surface area contributed by atoms with Crippen molar-refractivity contribution in [2.75, 3.05) is 19.1 Å². The minimum atomic E-state index is -0.678. The number of carbonyl (C=O) groups excluding carboxylic acids is 1. The molecule has 0 aliphatic carbocycles. The molecule has 0 atom stereocenters. The lowest BCUT2D eigenvalue weighted by Crippen LogP contribution is -2.38. The molecule has 3 aromatic rings. The van der Waals surface area contributed by atoms with Crippen LogP contribution in [0.15, 0.2) is 48.5 Å². The molecule has 0 aliphatic heterocycles. The van der Waals surface area contributed by atoms with Crippen molar-refractivity contribution >= 4 is 28.3 Å². The first kappa shape index (κ1) is 24.5. The first-order valence-electron chi connectivity index (χ1n) is 11.1. The monoisotopic (exact) mass is 450 g/mol. The van der Waals surface area contributed by atoms with E-state index in [9.17, 15) is 4.79 Å². The maximum Gasteiger partial charge on any atom is 0.249 e. The lowest BCUT2D eigenvalue weighted by Gasteiger charge is -2.33. The van der Waals surface area contributed by atoms with Gasteiger partial charge in [0, 0.05) is 30.0 Å². The normalized spacial score (nSPS) is 12.0. The predicted octanol–water partition coefficient (Wildman–Crippen LogP) is 5.29. The molecule has 176 valence electrons. The third kappa shape index (κ3) is 5.79. The second kappa shape index (κ2) is 9.75. The minimum absolute atomic E-state index is 0.146. The molecule has 0 spiro atoms. The fraction of sp³-hybridized carbons (Fsp3) is 0.423. The minimum Gasteiger partial charge on any atom is -0.497 e. The van der Waals surface area contributed by atoms with Crippen molar-refractivity contribution in [3.8, 4) is 5.75 Å². The molecule has 0 radical (unpaired) electrons. The number of hydrogen-bond donors (Lipinski definition) is 2. The van der Waals surface area contributed by atoms with Crippen molar-refractivity contribution in [1.29, 1.82) is 0 Å². The molecular weight excluding hydrogens is 416 g/mol.